The predicted octanol–water partition coefficient (Wildman–Crippen LogP) is 2.29. The lowest BCUT2D eigenvalue weighted by Gasteiger charge is -2.24. The van der Waals surface area contributed by atoms with E-state index in [1.807, 2.05) is 12.3 Å². The third-order valence-corrected chi connectivity index (χ3v) is 3.26. The summed E-state index contributed by atoms with van der Waals surface area (Å²) in [5.74, 6) is 0.992. The van der Waals surface area contributed by atoms with E-state index >= 15 is 0 Å². The van der Waals surface area contributed by atoms with Crippen LogP contribution in [0, 0.1) is 6.92 Å². The molecule has 0 bridgehead atoms. The van der Waals surface area contributed by atoms with Crippen LogP contribution in [0.25, 0.3) is 0 Å². The van der Waals surface area contributed by atoms with Gasteiger partial charge in [-0.15, -0.1) is 0 Å². The van der Waals surface area contributed by atoms with E-state index in [-0.39, 0.29) is 0 Å². The highest BCUT2D eigenvalue weighted by Gasteiger charge is 2.17. The summed E-state index contributed by atoms with van der Waals surface area (Å²) in [7, 11) is 0. The molecule has 0 saturated carbocycles. The summed E-state index contributed by atoms with van der Waals surface area (Å²) in [6, 6.07) is 4.72. The van der Waals surface area contributed by atoms with E-state index in [2.05, 4.69) is 35.1 Å². The molecule has 2 heterocycles. The van der Waals surface area contributed by atoms with Gasteiger partial charge in [-0.1, -0.05) is 0 Å². The Balaban J connectivity index is 1.82. The average Bonchev–Trinajstić information content (AvgIpc) is 2.79. The molecule has 16 heavy (non-hydrogen) atoms. The summed E-state index contributed by atoms with van der Waals surface area (Å²) >= 11 is 0. The Hall–Kier alpha value is -1.09. The van der Waals surface area contributed by atoms with Crippen molar-refractivity contribution < 1.29 is 0 Å². The first-order valence-electron chi connectivity index (χ1n) is 6.16. The smallest absolute Gasteiger partial charge is 0.126 e. The number of aromatic nitrogens is 1. The van der Waals surface area contributed by atoms with Gasteiger partial charge in [0.2, 0.25) is 0 Å². The van der Waals surface area contributed by atoms with Gasteiger partial charge in [0.25, 0.3) is 0 Å². The van der Waals surface area contributed by atoms with Crippen molar-refractivity contribution in [2.24, 2.45) is 0 Å². The number of likely N-dealkylation sites (tertiary alicyclic amines) is 1. The van der Waals surface area contributed by atoms with Gasteiger partial charge in [-0.05, 0) is 57.5 Å². The highest BCUT2D eigenvalue weighted by atomic mass is 15.2. The minimum absolute atomic E-state index is 0.602. The number of nitrogens with zero attached hydrogens (tertiary/aromatic N) is 2. The molecule has 0 aliphatic carbocycles. The first kappa shape index (κ1) is 11.4. The van der Waals surface area contributed by atoms with Crippen LogP contribution in [0.3, 0.4) is 0 Å². The second-order valence-electron chi connectivity index (χ2n) is 4.69. The van der Waals surface area contributed by atoms with Crippen molar-refractivity contribution in [2.45, 2.75) is 32.7 Å². The Labute approximate surface area is 97.9 Å². The Kier molecular flexibility index (Phi) is 3.78. The molecule has 1 aromatic heterocycles. The summed E-state index contributed by atoms with van der Waals surface area (Å²) in [4.78, 5) is 6.85. The van der Waals surface area contributed by atoms with E-state index in [1.54, 1.807) is 0 Å². The molecule has 0 spiro atoms. The zero-order valence-corrected chi connectivity index (χ0v) is 10.2. The first-order valence-corrected chi connectivity index (χ1v) is 6.16. The molecule has 1 N–H and O–H groups in total. The van der Waals surface area contributed by atoms with Crippen LogP contribution in [-0.4, -0.2) is 35.6 Å². The number of hydrogen-bond donors (Lipinski definition) is 1. The van der Waals surface area contributed by atoms with Crippen LogP contribution < -0.4 is 5.32 Å². The van der Waals surface area contributed by atoms with Gasteiger partial charge in [0.15, 0.2) is 0 Å². The van der Waals surface area contributed by atoms with Crippen LogP contribution in [0.1, 0.15) is 25.3 Å². The fourth-order valence-electron chi connectivity index (χ4n) is 2.20. The van der Waals surface area contributed by atoms with Crippen LogP contribution in [0.4, 0.5) is 5.82 Å². The van der Waals surface area contributed by atoms with Crippen molar-refractivity contribution in [3.05, 3.63) is 23.9 Å². The van der Waals surface area contributed by atoms with Crippen LogP contribution in [0.2, 0.25) is 0 Å². The Morgan fingerprint density at radius 1 is 1.44 bits per heavy atom. The first-order chi connectivity index (χ1) is 7.75. The zero-order chi connectivity index (χ0) is 11.4. The SMILES string of the molecule is Cc1ccnc(NCC(C)N2CCCC2)c1. The fourth-order valence-corrected chi connectivity index (χ4v) is 2.20. The standard InChI is InChI=1S/C13H21N3/c1-11-5-6-14-13(9-11)15-10-12(2)16-7-3-4-8-16/h5-6,9,12H,3-4,7-8,10H2,1-2H3,(H,14,15). The van der Waals surface area contributed by atoms with Gasteiger partial charge in [0.05, 0.1) is 0 Å². The monoisotopic (exact) mass is 219 g/mol. The third kappa shape index (κ3) is 2.95. The molecule has 1 aliphatic heterocycles. The molecular formula is C13H21N3. The van der Waals surface area contributed by atoms with Gasteiger partial charge >= 0.3 is 0 Å². The van der Waals surface area contributed by atoms with Crippen molar-refractivity contribution in [3.63, 3.8) is 0 Å². The van der Waals surface area contributed by atoms with Gasteiger partial charge in [-0.25, -0.2) is 4.98 Å². The fraction of sp³-hybridized carbons (Fsp3) is 0.615. The summed E-state index contributed by atoms with van der Waals surface area (Å²) in [6.45, 7) is 7.87. The van der Waals surface area contributed by atoms with E-state index in [4.69, 9.17) is 0 Å². The number of aryl methyl sites for hydroxylation is 1. The molecule has 1 aliphatic rings. The van der Waals surface area contributed by atoms with E-state index in [0.717, 1.165) is 12.4 Å². The second-order valence-corrected chi connectivity index (χ2v) is 4.69. The number of anilines is 1. The van der Waals surface area contributed by atoms with Crippen molar-refractivity contribution in [1.82, 2.24) is 9.88 Å². The van der Waals surface area contributed by atoms with Crippen LogP contribution in [0.15, 0.2) is 18.3 Å². The maximum Gasteiger partial charge on any atom is 0.126 e. The molecule has 88 valence electrons. The van der Waals surface area contributed by atoms with Gasteiger partial charge in [-0.2, -0.15) is 0 Å². The highest BCUT2D eigenvalue weighted by Crippen LogP contribution is 2.12. The maximum atomic E-state index is 4.31. The molecule has 2 rings (SSSR count). The highest BCUT2D eigenvalue weighted by molar-refractivity contribution is 5.37. The quantitative estimate of drug-likeness (QED) is 0.842. The lowest BCUT2D eigenvalue weighted by Crippen LogP contribution is -2.35. The lowest BCUT2D eigenvalue weighted by atomic mass is 10.2. The van der Waals surface area contributed by atoms with E-state index in [9.17, 15) is 0 Å². The van der Waals surface area contributed by atoms with Gasteiger partial charge in [0, 0.05) is 18.8 Å². The minimum atomic E-state index is 0.602. The summed E-state index contributed by atoms with van der Waals surface area (Å²) in [5, 5.41) is 3.41. The topological polar surface area (TPSA) is 28.2 Å². The Bertz CT molecular complexity index is 332. The minimum Gasteiger partial charge on any atom is -0.369 e. The molecule has 0 amide bonds. The Morgan fingerprint density at radius 3 is 2.88 bits per heavy atom. The average molecular weight is 219 g/mol. The molecule has 1 unspecified atom stereocenters. The number of rotatable bonds is 4. The number of pyridine rings is 1. The molecule has 3 heteroatoms. The lowest BCUT2D eigenvalue weighted by molar-refractivity contribution is 0.269. The maximum absolute atomic E-state index is 4.31. The molecule has 1 aromatic rings. The summed E-state index contributed by atoms with van der Waals surface area (Å²) in [5.41, 5.74) is 1.26. The van der Waals surface area contributed by atoms with Crippen molar-refractivity contribution >= 4 is 5.82 Å². The van der Waals surface area contributed by atoms with Crippen LogP contribution in [0.5, 0.6) is 0 Å². The number of nitrogens with one attached hydrogen (secondary N) is 1. The normalized spacial score (nSPS) is 18.6. The molecule has 0 radical (unpaired) electrons. The van der Waals surface area contributed by atoms with E-state index < -0.39 is 0 Å². The van der Waals surface area contributed by atoms with Crippen LogP contribution in [-0.2, 0) is 0 Å². The molecule has 1 atom stereocenters. The van der Waals surface area contributed by atoms with E-state index in [0.29, 0.717) is 6.04 Å². The van der Waals surface area contributed by atoms with E-state index in [1.165, 1.54) is 31.5 Å². The summed E-state index contributed by atoms with van der Waals surface area (Å²) in [6.07, 6.45) is 4.57. The third-order valence-electron chi connectivity index (χ3n) is 3.26. The zero-order valence-electron chi connectivity index (χ0n) is 10.2. The molecule has 0 aromatic carbocycles. The summed E-state index contributed by atoms with van der Waals surface area (Å²) < 4.78 is 0. The number of hydrogen-bond acceptors (Lipinski definition) is 3. The predicted molar refractivity (Wildman–Crippen MR) is 67.7 cm³/mol. The molecule has 1 fully saturated rings. The van der Waals surface area contributed by atoms with Gasteiger partial charge in [-0.3, -0.25) is 4.90 Å². The molecular weight excluding hydrogens is 198 g/mol. The van der Waals surface area contributed by atoms with Crippen molar-refractivity contribution in [3.8, 4) is 0 Å². The largest absolute Gasteiger partial charge is 0.369 e. The van der Waals surface area contributed by atoms with Crippen LogP contribution >= 0.6 is 0 Å². The molecule has 3 nitrogen and oxygen atoms in total. The van der Waals surface area contributed by atoms with Gasteiger partial charge < -0.3 is 5.32 Å². The van der Waals surface area contributed by atoms with Crippen molar-refractivity contribution in [1.29, 1.82) is 0 Å². The Morgan fingerprint density at radius 2 is 2.19 bits per heavy atom. The van der Waals surface area contributed by atoms with Gasteiger partial charge in [0.1, 0.15) is 5.82 Å². The molecule has 1 saturated heterocycles. The van der Waals surface area contributed by atoms with Crippen molar-refractivity contribution in [2.75, 3.05) is 25.0 Å². The second kappa shape index (κ2) is 5.30.